The van der Waals surface area contributed by atoms with E-state index in [2.05, 4.69) is 25.8 Å². The summed E-state index contributed by atoms with van der Waals surface area (Å²) < 4.78 is 6.50. The molecule has 0 radical (unpaired) electrons. The van der Waals surface area contributed by atoms with Gasteiger partial charge in [-0.25, -0.2) is 4.98 Å². The van der Waals surface area contributed by atoms with Gasteiger partial charge in [0.1, 0.15) is 11.9 Å². The molecule has 2 saturated heterocycles. The van der Waals surface area contributed by atoms with Crippen molar-refractivity contribution in [1.29, 1.82) is 0 Å². The van der Waals surface area contributed by atoms with Crippen LogP contribution in [0.5, 0.6) is 0 Å². The van der Waals surface area contributed by atoms with E-state index in [0.717, 1.165) is 55.9 Å². The van der Waals surface area contributed by atoms with Crippen molar-refractivity contribution in [3.05, 3.63) is 22.8 Å². The van der Waals surface area contributed by atoms with E-state index in [1.54, 1.807) is 6.20 Å². The summed E-state index contributed by atoms with van der Waals surface area (Å²) in [5.41, 5.74) is 0. The molecule has 0 aliphatic carbocycles. The Hall–Kier alpha value is -1.14. The normalized spacial score (nSPS) is 23.1. The highest BCUT2D eigenvalue weighted by Crippen LogP contribution is 2.20. The summed E-state index contributed by atoms with van der Waals surface area (Å²) in [5.74, 6) is 1.12. The summed E-state index contributed by atoms with van der Waals surface area (Å²) >= 11 is 3.46. The Bertz CT molecular complexity index is 483. The van der Waals surface area contributed by atoms with Crippen LogP contribution in [0.15, 0.2) is 22.8 Å². The molecule has 3 rings (SSSR count). The average molecular weight is 340 g/mol. The number of aromatic nitrogens is 1. The van der Waals surface area contributed by atoms with Crippen molar-refractivity contribution < 1.29 is 9.53 Å². The molecule has 2 aliphatic heterocycles. The molecule has 5 nitrogen and oxygen atoms in total. The number of anilines is 1. The van der Waals surface area contributed by atoms with Gasteiger partial charge < -0.3 is 14.5 Å². The third-order valence-electron chi connectivity index (χ3n) is 3.83. The number of carbonyl (C=O) groups is 1. The van der Waals surface area contributed by atoms with E-state index < -0.39 is 0 Å². The van der Waals surface area contributed by atoms with Gasteiger partial charge in [-0.1, -0.05) is 15.9 Å². The molecule has 6 heteroatoms. The fraction of sp³-hybridized carbons (Fsp3) is 0.571. The molecule has 1 aromatic rings. The average Bonchev–Trinajstić information content (AvgIpc) is 3.01. The second kappa shape index (κ2) is 6.10. The van der Waals surface area contributed by atoms with Crippen molar-refractivity contribution in [2.75, 3.05) is 37.7 Å². The molecule has 2 aliphatic rings. The van der Waals surface area contributed by atoms with Crippen LogP contribution in [0.3, 0.4) is 0 Å². The molecule has 0 N–H and O–H groups in total. The molecule has 0 saturated carbocycles. The van der Waals surface area contributed by atoms with Crippen LogP contribution >= 0.6 is 15.9 Å². The summed E-state index contributed by atoms with van der Waals surface area (Å²) in [5, 5.41) is 0. The minimum absolute atomic E-state index is 0.157. The van der Waals surface area contributed by atoms with Gasteiger partial charge in [0.05, 0.1) is 0 Å². The quantitative estimate of drug-likeness (QED) is 0.822. The van der Waals surface area contributed by atoms with Crippen molar-refractivity contribution in [2.24, 2.45) is 0 Å². The lowest BCUT2D eigenvalue weighted by molar-refractivity contribution is -0.141. The lowest BCUT2D eigenvalue weighted by Crippen LogP contribution is -2.51. The van der Waals surface area contributed by atoms with E-state index in [1.165, 1.54) is 0 Å². The van der Waals surface area contributed by atoms with Crippen LogP contribution in [0, 0.1) is 0 Å². The van der Waals surface area contributed by atoms with Crippen molar-refractivity contribution in [2.45, 2.75) is 18.9 Å². The fourth-order valence-corrected chi connectivity index (χ4v) is 3.02. The lowest BCUT2D eigenvalue weighted by Gasteiger charge is -2.36. The Morgan fingerprint density at radius 2 is 2.15 bits per heavy atom. The molecule has 1 amide bonds. The Morgan fingerprint density at radius 1 is 1.35 bits per heavy atom. The van der Waals surface area contributed by atoms with E-state index in [-0.39, 0.29) is 12.0 Å². The van der Waals surface area contributed by atoms with Gasteiger partial charge in [0.25, 0.3) is 5.91 Å². The van der Waals surface area contributed by atoms with Crippen LogP contribution in [-0.4, -0.2) is 54.7 Å². The van der Waals surface area contributed by atoms with Gasteiger partial charge in [0, 0.05) is 43.5 Å². The maximum absolute atomic E-state index is 12.3. The number of rotatable bonds is 2. The predicted octanol–water partition coefficient (Wildman–Crippen LogP) is 1.67. The maximum Gasteiger partial charge on any atom is 0.251 e. The van der Waals surface area contributed by atoms with Crippen LogP contribution in [0.1, 0.15) is 12.8 Å². The van der Waals surface area contributed by atoms with Gasteiger partial charge in [0.2, 0.25) is 0 Å². The van der Waals surface area contributed by atoms with Crippen LogP contribution < -0.4 is 4.90 Å². The first-order chi connectivity index (χ1) is 9.74. The zero-order valence-electron chi connectivity index (χ0n) is 11.3. The van der Waals surface area contributed by atoms with E-state index in [4.69, 9.17) is 4.74 Å². The first-order valence-electron chi connectivity index (χ1n) is 7.01. The van der Waals surface area contributed by atoms with Crippen LogP contribution in [0.4, 0.5) is 5.82 Å². The molecule has 1 atom stereocenters. The third kappa shape index (κ3) is 2.96. The Balaban J connectivity index is 1.58. The highest BCUT2D eigenvalue weighted by molar-refractivity contribution is 9.10. The van der Waals surface area contributed by atoms with Gasteiger partial charge in [-0.05, 0) is 25.0 Å². The van der Waals surface area contributed by atoms with Crippen LogP contribution in [0.2, 0.25) is 0 Å². The summed E-state index contributed by atoms with van der Waals surface area (Å²) in [7, 11) is 0. The molecular formula is C14H18BrN3O2. The number of piperazine rings is 1. The number of hydrogen-bond acceptors (Lipinski definition) is 4. The molecule has 0 bridgehead atoms. The zero-order chi connectivity index (χ0) is 13.9. The largest absolute Gasteiger partial charge is 0.368 e. The number of ether oxygens (including phenoxy) is 1. The van der Waals surface area contributed by atoms with Crippen LogP contribution in [-0.2, 0) is 9.53 Å². The van der Waals surface area contributed by atoms with Gasteiger partial charge in [-0.15, -0.1) is 0 Å². The van der Waals surface area contributed by atoms with Gasteiger partial charge in [0.15, 0.2) is 0 Å². The number of pyridine rings is 1. The SMILES string of the molecule is O=C([C@H]1CCCO1)N1CCN(c2cc(Br)ccn2)CC1. The maximum atomic E-state index is 12.3. The standard InChI is InChI=1S/C14H18BrN3O2/c15-11-3-4-16-13(10-11)17-5-7-18(8-6-17)14(19)12-2-1-9-20-12/h3-4,10,12H,1-2,5-9H2/t12-/m1/s1. The topological polar surface area (TPSA) is 45.7 Å². The molecule has 108 valence electrons. The number of carbonyl (C=O) groups excluding carboxylic acids is 1. The van der Waals surface area contributed by atoms with Crippen LogP contribution in [0.25, 0.3) is 0 Å². The van der Waals surface area contributed by atoms with Crippen molar-refractivity contribution in [3.63, 3.8) is 0 Å². The molecule has 0 unspecified atom stereocenters. The van der Waals surface area contributed by atoms with Crippen molar-refractivity contribution in [1.82, 2.24) is 9.88 Å². The van der Waals surface area contributed by atoms with Gasteiger partial charge >= 0.3 is 0 Å². The predicted molar refractivity (Wildman–Crippen MR) is 79.7 cm³/mol. The second-order valence-electron chi connectivity index (χ2n) is 5.15. The van der Waals surface area contributed by atoms with E-state index >= 15 is 0 Å². The summed E-state index contributed by atoms with van der Waals surface area (Å²) in [4.78, 5) is 20.8. The smallest absolute Gasteiger partial charge is 0.251 e. The summed E-state index contributed by atoms with van der Waals surface area (Å²) in [6.45, 7) is 3.85. The van der Waals surface area contributed by atoms with Gasteiger partial charge in [-0.3, -0.25) is 4.79 Å². The molecule has 1 aromatic heterocycles. The first-order valence-corrected chi connectivity index (χ1v) is 7.80. The van der Waals surface area contributed by atoms with E-state index in [0.29, 0.717) is 0 Å². The van der Waals surface area contributed by atoms with E-state index in [1.807, 2.05) is 17.0 Å². The Morgan fingerprint density at radius 3 is 2.80 bits per heavy atom. The highest BCUT2D eigenvalue weighted by atomic mass is 79.9. The second-order valence-corrected chi connectivity index (χ2v) is 6.06. The lowest BCUT2D eigenvalue weighted by atomic mass is 10.2. The van der Waals surface area contributed by atoms with Crippen molar-refractivity contribution >= 4 is 27.7 Å². The molecular weight excluding hydrogens is 322 g/mol. The first kappa shape index (κ1) is 13.8. The number of hydrogen-bond donors (Lipinski definition) is 0. The molecule has 20 heavy (non-hydrogen) atoms. The minimum Gasteiger partial charge on any atom is -0.368 e. The van der Waals surface area contributed by atoms with Crippen molar-refractivity contribution in [3.8, 4) is 0 Å². The molecule has 0 spiro atoms. The molecule has 0 aromatic carbocycles. The van der Waals surface area contributed by atoms with Gasteiger partial charge in [-0.2, -0.15) is 0 Å². The number of halogens is 1. The Kier molecular flexibility index (Phi) is 4.21. The summed E-state index contributed by atoms with van der Waals surface area (Å²) in [6, 6.07) is 3.93. The zero-order valence-corrected chi connectivity index (χ0v) is 12.9. The molecule has 3 heterocycles. The third-order valence-corrected chi connectivity index (χ3v) is 4.32. The molecule has 2 fully saturated rings. The Labute approximate surface area is 127 Å². The highest BCUT2D eigenvalue weighted by Gasteiger charge is 2.30. The van der Waals surface area contributed by atoms with E-state index in [9.17, 15) is 4.79 Å². The fourth-order valence-electron chi connectivity index (χ4n) is 2.70. The monoisotopic (exact) mass is 339 g/mol. The summed E-state index contributed by atoms with van der Waals surface area (Å²) in [6.07, 6.45) is 3.46. The number of nitrogens with zero attached hydrogens (tertiary/aromatic N) is 3. The minimum atomic E-state index is -0.203. The number of amides is 1.